The predicted octanol–water partition coefficient (Wildman–Crippen LogP) is 2.88. The lowest BCUT2D eigenvalue weighted by atomic mass is 10.1. The monoisotopic (exact) mass is 353 g/mol. The zero-order chi connectivity index (χ0) is 18.5. The number of aryl methyl sites for hydroxylation is 1. The van der Waals surface area contributed by atoms with Crippen LogP contribution in [0.15, 0.2) is 34.9 Å². The first-order valence-corrected chi connectivity index (χ1v) is 8.79. The van der Waals surface area contributed by atoms with E-state index in [0.717, 1.165) is 29.9 Å². The highest BCUT2D eigenvalue weighted by Crippen LogP contribution is 2.23. The van der Waals surface area contributed by atoms with Gasteiger partial charge in [0.1, 0.15) is 5.69 Å². The second kappa shape index (κ2) is 8.05. The molecule has 0 saturated heterocycles. The Kier molecular flexibility index (Phi) is 5.58. The van der Waals surface area contributed by atoms with Crippen molar-refractivity contribution in [2.75, 3.05) is 24.6 Å². The van der Waals surface area contributed by atoms with Gasteiger partial charge in [0.05, 0.1) is 0 Å². The molecule has 7 nitrogen and oxygen atoms in total. The topological polar surface area (TPSA) is 88.2 Å². The Balaban J connectivity index is 1.89. The van der Waals surface area contributed by atoms with E-state index in [2.05, 4.69) is 38.9 Å². The summed E-state index contributed by atoms with van der Waals surface area (Å²) in [6, 6.07) is 9.59. The molecule has 2 heterocycles. The third-order valence-corrected chi connectivity index (χ3v) is 4.15. The number of hydrogen-bond acceptors (Lipinski definition) is 7. The van der Waals surface area contributed by atoms with Gasteiger partial charge in [0.25, 0.3) is 5.89 Å². The van der Waals surface area contributed by atoms with E-state index >= 15 is 0 Å². The fourth-order valence-corrected chi connectivity index (χ4v) is 2.70. The molecule has 26 heavy (non-hydrogen) atoms. The molecule has 0 aliphatic carbocycles. The minimum Gasteiger partial charge on any atom is -0.396 e. The average Bonchev–Trinajstić information content (AvgIpc) is 3.13. The van der Waals surface area contributed by atoms with Crippen LogP contribution in [-0.2, 0) is 6.42 Å². The molecule has 1 aromatic carbocycles. The molecule has 0 bridgehead atoms. The van der Waals surface area contributed by atoms with Crippen LogP contribution in [0.25, 0.3) is 23.0 Å². The van der Waals surface area contributed by atoms with Crippen molar-refractivity contribution < 1.29 is 9.63 Å². The zero-order valence-corrected chi connectivity index (χ0v) is 15.3. The number of anilines is 1. The van der Waals surface area contributed by atoms with Gasteiger partial charge >= 0.3 is 0 Å². The van der Waals surface area contributed by atoms with Crippen molar-refractivity contribution in [3.63, 3.8) is 0 Å². The number of aliphatic hydroxyl groups is 1. The highest BCUT2D eigenvalue weighted by atomic mass is 16.5. The van der Waals surface area contributed by atoms with Gasteiger partial charge in [-0.15, -0.1) is 0 Å². The van der Waals surface area contributed by atoms with Gasteiger partial charge in [0.2, 0.25) is 11.8 Å². The Morgan fingerprint density at radius 3 is 2.42 bits per heavy atom. The lowest BCUT2D eigenvalue weighted by Gasteiger charge is -2.18. The van der Waals surface area contributed by atoms with E-state index in [-0.39, 0.29) is 6.61 Å². The summed E-state index contributed by atoms with van der Waals surface area (Å²) in [5.41, 5.74) is 3.40. The van der Waals surface area contributed by atoms with Crippen LogP contribution in [-0.4, -0.2) is 44.9 Å². The molecule has 1 N–H and O–H groups in total. The van der Waals surface area contributed by atoms with E-state index in [1.165, 1.54) is 0 Å². The van der Waals surface area contributed by atoms with Crippen LogP contribution in [0.4, 0.5) is 5.95 Å². The molecule has 2 aromatic heterocycles. The van der Waals surface area contributed by atoms with Crippen molar-refractivity contribution in [3.05, 3.63) is 41.6 Å². The van der Waals surface area contributed by atoms with Crippen molar-refractivity contribution in [1.82, 2.24) is 20.1 Å². The quantitative estimate of drug-likeness (QED) is 0.698. The first kappa shape index (κ1) is 18.0. The van der Waals surface area contributed by atoms with Crippen LogP contribution in [0.5, 0.6) is 0 Å². The maximum absolute atomic E-state index is 9.00. The molecule has 0 radical (unpaired) electrons. The molecule has 0 amide bonds. The summed E-state index contributed by atoms with van der Waals surface area (Å²) in [5, 5.41) is 13.1. The fraction of sp³-hybridized carbons (Fsp3) is 0.368. The number of benzene rings is 1. The third kappa shape index (κ3) is 3.88. The van der Waals surface area contributed by atoms with E-state index in [1.807, 2.05) is 37.3 Å². The van der Waals surface area contributed by atoms with Crippen molar-refractivity contribution in [2.45, 2.75) is 27.2 Å². The van der Waals surface area contributed by atoms with Crippen molar-refractivity contribution >= 4 is 5.95 Å². The van der Waals surface area contributed by atoms with Crippen LogP contribution >= 0.6 is 0 Å². The maximum Gasteiger partial charge on any atom is 0.277 e. The Morgan fingerprint density at radius 2 is 1.77 bits per heavy atom. The maximum atomic E-state index is 9.00. The van der Waals surface area contributed by atoms with Crippen molar-refractivity contribution in [3.8, 4) is 23.0 Å². The minimum atomic E-state index is 0.133. The fourth-order valence-electron chi connectivity index (χ4n) is 2.70. The van der Waals surface area contributed by atoms with E-state index in [9.17, 15) is 0 Å². The molecule has 3 rings (SSSR count). The molecule has 0 saturated carbocycles. The number of aromatic nitrogens is 4. The van der Waals surface area contributed by atoms with Gasteiger partial charge < -0.3 is 14.5 Å². The molecular weight excluding hydrogens is 330 g/mol. The number of aliphatic hydroxyl groups excluding tert-OH is 1. The Labute approximate surface area is 152 Å². The van der Waals surface area contributed by atoms with Gasteiger partial charge in [-0.25, -0.2) is 9.97 Å². The van der Waals surface area contributed by atoms with Gasteiger partial charge in [-0.3, -0.25) is 0 Å². The smallest absolute Gasteiger partial charge is 0.277 e. The Hall–Kier alpha value is -2.80. The van der Waals surface area contributed by atoms with E-state index in [0.29, 0.717) is 29.8 Å². The normalized spacial score (nSPS) is 10.9. The number of rotatable bonds is 7. The summed E-state index contributed by atoms with van der Waals surface area (Å²) in [4.78, 5) is 15.6. The van der Waals surface area contributed by atoms with E-state index in [4.69, 9.17) is 9.63 Å². The van der Waals surface area contributed by atoms with Crippen LogP contribution in [0.1, 0.15) is 25.1 Å². The summed E-state index contributed by atoms with van der Waals surface area (Å²) in [6.45, 7) is 7.85. The van der Waals surface area contributed by atoms with Gasteiger partial charge in [-0.05, 0) is 38.8 Å². The predicted molar refractivity (Wildman–Crippen MR) is 99.8 cm³/mol. The van der Waals surface area contributed by atoms with Gasteiger partial charge in [0, 0.05) is 31.0 Å². The van der Waals surface area contributed by atoms with Crippen molar-refractivity contribution in [1.29, 1.82) is 0 Å². The van der Waals surface area contributed by atoms with Crippen LogP contribution < -0.4 is 4.90 Å². The summed E-state index contributed by atoms with van der Waals surface area (Å²) < 4.78 is 5.43. The van der Waals surface area contributed by atoms with E-state index in [1.54, 1.807) is 0 Å². The van der Waals surface area contributed by atoms with Crippen molar-refractivity contribution in [2.24, 2.45) is 0 Å². The first-order chi connectivity index (χ1) is 12.6. The second-order valence-corrected chi connectivity index (χ2v) is 5.96. The highest BCUT2D eigenvalue weighted by Gasteiger charge is 2.15. The zero-order valence-electron chi connectivity index (χ0n) is 15.3. The Bertz CT molecular complexity index is 857. The van der Waals surface area contributed by atoms with Gasteiger partial charge in [-0.2, -0.15) is 4.98 Å². The molecule has 0 aliphatic heterocycles. The minimum absolute atomic E-state index is 0.133. The molecule has 3 aromatic rings. The summed E-state index contributed by atoms with van der Waals surface area (Å²) in [7, 11) is 0. The molecule has 0 aliphatic rings. The lowest BCUT2D eigenvalue weighted by molar-refractivity contribution is 0.299. The molecule has 0 unspecified atom stereocenters. The molecule has 0 fully saturated rings. The third-order valence-electron chi connectivity index (χ3n) is 4.15. The largest absolute Gasteiger partial charge is 0.396 e. The van der Waals surface area contributed by atoms with E-state index < -0.39 is 0 Å². The van der Waals surface area contributed by atoms with Crippen LogP contribution in [0.2, 0.25) is 0 Å². The van der Waals surface area contributed by atoms with Gasteiger partial charge in [0.15, 0.2) is 0 Å². The number of nitrogens with zero attached hydrogens (tertiary/aromatic N) is 5. The molecule has 0 atom stereocenters. The van der Waals surface area contributed by atoms with Crippen LogP contribution in [0.3, 0.4) is 0 Å². The lowest BCUT2D eigenvalue weighted by Crippen LogP contribution is -2.24. The molecule has 7 heteroatoms. The second-order valence-electron chi connectivity index (χ2n) is 5.96. The summed E-state index contributed by atoms with van der Waals surface area (Å²) in [6.07, 6.45) is 0.631. The van der Waals surface area contributed by atoms with Gasteiger partial charge in [-0.1, -0.05) is 29.4 Å². The standard InChI is InChI=1S/C19H23N5O2/c1-4-24(5-2)19-20-13(3)12-16(21-19)18-22-17(23-26-18)15-8-6-14(7-9-15)10-11-25/h6-9,12,25H,4-5,10-11H2,1-3H3. The van der Waals surface area contributed by atoms with Crippen LogP contribution in [0, 0.1) is 6.92 Å². The average molecular weight is 353 g/mol. The molecule has 0 spiro atoms. The number of hydrogen-bond donors (Lipinski definition) is 1. The first-order valence-electron chi connectivity index (χ1n) is 8.79. The highest BCUT2D eigenvalue weighted by molar-refractivity contribution is 5.59. The SMILES string of the molecule is CCN(CC)c1nc(C)cc(-c2nc(-c3ccc(CCO)cc3)no2)n1. The summed E-state index contributed by atoms with van der Waals surface area (Å²) in [5.74, 6) is 1.55. The molecular formula is C19H23N5O2. The Morgan fingerprint density at radius 1 is 1.04 bits per heavy atom. The molecule has 136 valence electrons. The summed E-state index contributed by atoms with van der Waals surface area (Å²) >= 11 is 0.